The van der Waals surface area contributed by atoms with Crippen LogP contribution < -0.4 is 11.1 Å². The number of rotatable bonds is 5. The molecule has 18 heavy (non-hydrogen) atoms. The summed E-state index contributed by atoms with van der Waals surface area (Å²) < 4.78 is 0. The van der Waals surface area contributed by atoms with E-state index in [0.29, 0.717) is 24.4 Å². The van der Waals surface area contributed by atoms with Gasteiger partial charge in [0.15, 0.2) is 0 Å². The van der Waals surface area contributed by atoms with E-state index in [1.54, 1.807) is 0 Å². The number of hydrogen-bond donors (Lipinski definition) is 2. The summed E-state index contributed by atoms with van der Waals surface area (Å²) in [4.78, 5) is 14.3. The molecule has 1 aliphatic rings. The number of amides is 1. The van der Waals surface area contributed by atoms with Gasteiger partial charge in [-0.15, -0.1) is 0 Å². The molecule has 0 aromatic rings. The summed E-state index contributed by atoms with van der Waals surface area (Å²) in [5, 5.41) is 3.12. The fourth-order valence-electron chi connectivity index (χ4n) is 2.30. The van der Waals surface area contributed by atoms with E-state index >= 15 is 0 Å². The molecule has 1 unspecified atom stereocenters. The fourth-order valence-corrected chi connectivity index (χ4v) is 2.30. The van der Waals surface area contributed by atoms with Gasteiger partial charge in [0.2, 0.25) is 5.91 Å². The number of piperidine rings is 1. The van der Waals surface area contributed by atoms with Crippen LogP contribution in [0.4, 0.5) is 0 Å². The van der Waals surface area contributed by atoms with Gasteiger partial charge in [0.25, 0.3) is 0 Å². The Labute approximate surface area is 111 Å². The highest BCUT2D eigenvalue weighted by Gasteiger charge is 2.22. The van der Waals surface area contributed by atoms with Crippen LogP contribution in [0.2, 0.25) is 0 Å². The van der Waals surface area contributed by atoms with Gasteiger partial charge < -0.3 is 16.0 Å². The number of nitrogens with two attached hydrogens (primary N) is 1. The Balaban J connectivity index is 2.26. The van der Waals surface area contributed by atoms with Gasteiger partial charge in [-0.2, -0.15) is 0 Å². The molecule has 1 aliphatic heterocycles. The first-order valence-electron chi connectivity index (χ1n) is 7.19. The largest absolute Gasteiger partial charge is 0.353 e. The van der Waals surface area contributed by atoms with Crippen molar-refractivity contribution in [2.75, 3.05) is 13.1 Å². The first-order valence-corrected chi connectivity index (χ1v) is 7.19. The van der Waals surface area contributed by atoms with Crippen molar-refractivity contribution in [3.63, 3.8) is 0 Å². The lowest BCUT2D eigenvalue weighted by molar-refractivity contribution is -0.122. The summed E-state index contributed by atoms with van der Waals surface area (Å²) in [7, 11) is 0. The number of nitrogens with zero attached hydrogens (tertiary/aromatic N) is 1. The number of carbonyl (C=O) groups is 1. The van der Waals surface area contributed by atoms with Crippen molar-refractivity contribution < 1.29 is 4.79 Å². The van der Waals surface area contributed by atoms with Crippen molar-refractivity contribution in [3.05, 3.63) is 0 Å². The molecule has 0 aromatic heterocycles. The second kappa shape index (κ2) is 7.10. The highest BCUT2D eigenvalue weighted by molar-refractivity contribution is 5.76. The maximum atomic E-state index is 11.8. The summed E-state index contributed by atoms with van der Waals surface area (Å²) in [5.74, 6) is 0.470. The zero-order valence-corrected chi connectivity index (χ0v) is 12.3. The molecule has 0 saturated carbocycles. The average molecular weight is 255 g/mol. The summed E-state index contributed by atoms with van der Waals surface area (Å²) in [6, 6.07) is 0.920. The van der Waals surface area contributed by atoms with E-state index in [9.17, 15) is 4.79 Å². The van der Waals surface area contributed by atoms with Gasteiger partial charge in [-0.1, -0.05) is 13.8 Å². The standard InChI is InChI=1S/C14H29N3O/c1-10(2)13(15)9-14(18)16-12-5-7-17(8-6-12)11(3)4/h10-13H,5-9,15H2,1-4H3,(H,16,18). The van der Waals surface area contributed by atoms with Gasteiger partial charge in [0.1, 0.15) is 0 Å². The number of nitrogens with one attached hydrogen (secondary N) is 1. The highest BCUT2D eigenvalue weighted by atomic mass is 16.1. The van der Waals surface area contributed by atoms with Gasteiger partial charge in [0.05, 0.1) is 0 Å². The van der Waals surface area contributed by atoms with Crippen LogP contribution in [0.1, 0.15) is 47.0 Å². The van der Waals surface area contributed by atoms with Crippen molar-refractivity contribution in [1.82, 2.24) is 10.2 Å². The quantitative estimate of drug-likeness (QED) is 0.779. The Kier molecular flexibility index (Phi) is 6.09. The SMILES string of the molecule is CC(C)C(N)CC(=O)NC1CCN(C(C)C)CC1. The van der Waals surface area contributed by atoms with Gasteiger partial charge in [0, 0.05) is 37.6 Å². The molecular weight excluding hydrogens is 226 g/mol. The molecule has 0 radical (unpaired) electrons. The minimum absolute atomic E-state index is 0.0271. The van der Waals surface area contributed by atoms with Crippen LogP contribution in [0.5, 0.6) is 0 Å². The number of hydrogen-bond acceptors (Lipinski definition) is 3. The van der Waals surface area contributed by atoms with Crippen LogP contribution in [0, 0.1) is 5.92 Å². The lowest BCUT2D eigenvalue weighted by Gasteiger charge is -2.35. The summed E-state index contributed by atoms with van der Waals surface area (Å²) in [5.41, 5.74) is 5.92. The molecule has 1 rings (SSSR count). The molecule has 1 heterocycles. The van der Waals surface area contributed by atoms with Crippen molar-refractivity contribution in [2.24, 2.45) is 11.7 Å². The third-order valence-electron chi connectivity index (χ3n) is 3.90. The van der Waals surface area contributed by atoms with Crippen LogP contribution >= 0.6 is 0 Å². The predicted molar refractivity (Wildman–Crippen MR) is 75.3 cm³/mol. The molecule has 0 aromatic carbocycles. The van der Waals surface area contributed by atoms with Crippen LogP contribution in [0.15, 0.2) is 0 Å². The second-order valence-electron chi connectivity index (χ2n) is 6.08. The van der Waals surface area contributed by atoms with E-state index in [1.165, 1.54) is 0 Å². The van der Waals surface area contributed by atoms with Gasteiger partial charge in [-0.3, -0.25) is 4.79 Å². The van der Waals surface area contributed by atoms with E-state index in [0.717, 1.165) is 25.9 Å². The van der Waals surface area contributed by atoms with Crippen molar-refractivity contribution in [2.45, 2.75) is 65.1 Å². The lowest BCUT2D eigenvalue weighted by Crippen LogP contribution is -2.47. The maximum absolute atomic E-state index is 11.8. The summed E-state index contributed by atoms with van der Waals surface area (Å²) in [6.07, 6.45) is 2.56. The average Bonchev–Trinajstić information content (AvgIpc) is 2.29. The molecular formula is C14H29N3O. The van der Waals surface area contributed by atoms with E-state index in [-0.39, 0.29) is 11.9 Å². The Morgan fingerprint density at radius 2 is 1.83 bits per heavy atom. The minimum atomic E-state index is -0.0271. The Hall–Kier alpha value is -0.610. The fraction of sp³-hybridized carbons (Fsp3) is 0.929. The van der Waals surface area contributed by atoms with Gasteiger partial charge >= 0.3 is 0 Å². The van der Waals surface area contributed by atoms with Gasteiger partial charge in [-0.05, 0) is 32.6 Å². The van der Waals surface area contributed by atoms with Crippen LogP contribution in [0.25, 0.3) is 0 Å². The monoisotopic (exact) mass is 255 g/mol. The molecule has 1 atom stereocenters. The smallest absolute Gasteiger partial charge is 0.221 e. The Bertz CT molecular complexity index is 258. The second-order valence-corrected chi connectivity index (χ2v) is 6.08. The molecule has 4 nitrogen and oxygen atoms in total. The first-order chi connectivity index (χ1) is 8.40. The molecule has 1 saturated heterocycles. The normalized spacial score (nSPS) is 20.4. The molecule has 4 heteroatoms. The maximum Gasteiger partial charge on any atom is 0.221 e. The lowest BCUT2D eigenvalue weighted by atomic mass is 10.00. The predicted octanol–water partition coefficient (Wildman–Crippen LogP) is 1.35. The topological polar surface area (TPSA) is 58.4 Å². The zero-order chi connectivity index (χ0) is 13.7. The van der Waals surface area contributed by atoms with E-state index in [2.05, 4.69) is 37.9 Å². The molecule has 0 spiro atoms. The van der Waals surface area contributed by atoms with Crippen LogP contribution in [0.3, 0.4) is 0 Å². The Morgan fingerprint density at radius 3 is 2.28 bits per heavy atom. The molecule has 1 amide bonds. The molecule has 0 bridgehead atoms. The summed E-state index contributed by atoms with van der Waals surface area (Å²) >= 11 is 0. The molecule has 3 N–H and O–H groups in total. The minimum Gasteiger partial charge on any atom is -0.353 e. The summed E-state index contributed by atoms with van der Waals surface area (Å²) in [6.45, 7) is 10.7. The molecule has 0 aliphatic carbocycles. The zero-order valence-electron chi connectivity index (χ0n) is 12.3. The van der Waals surface area contributed by atoms with Crippen molar-refractivity contribution >= 4 is 5.91 Å². The molecule has 106 valence electrons. The number of likely N-dealkylation sites (tertiary alicyclic amines) is 1. The molecule has 1 fully saturated rings. The van der Waals surface area contributed by atoms with E-state index < -0.39 is 0 Å². The third-order valence-corrected chi connectivity index (χ3v) is 3.90. The van der Waals surface area contributed by atoms with Crippen LogP contribution in [-0.4, -0.2) is 42.0 Å². The van der Waals surface area contributed by atoms with Gasteiger partial charge in [-0.25, -0.2) is 0 Å². The van der Waals surface area contributed by atoms with Crippen LogP contribution in [-0.2, 0) is 4.79 Å². The highest BCUT2D eigenvalue weighted by Crippen LogP contribution is 2.13. The van der Waals surface area contributed by atoms with E-state index in [1.807, 2.05) is 0 Å². The van der Waals surface area contributed by atoms with Crippen molar-refractivity contribution in [1.29, 1.82) is 0 Å². The number of carbonyl (C=O) groups excluding carboxylic acids is 1. The first kappa shape index (κ1) is 15.4. The Morgan fingerprint density at radius 1 is 1.28 bits per heavy atom. The van der Waals surface area contributed by atoms with Crippen molar-refractivity contribution in [3.8, 4) is 0 Å². The third kappa shape index (κ3) is 4.94. The van der Waals surface area contributed by atoms with E-state index in [4.69, 9.17) is 5.73 Å².